The fraction of sp³-hybridized carbons (Fsp3) is 0.556. The number of nitrogens with zero attached hydrogens (tertiary/aromatic N) is 6. The van der Waals surface area contributed by atoms with Gasteiger partial charge in [0.1, 0.15) is 0 Å². The maximum atomic E-state index is 10.8. The summed E-state index contributed by atoms with van der Waals surface area (Å²) in [5, 5.41) is 7.48. The minimum atomic E-state index is -0.0162. The van der Waals surface area contributed by atoms with Gasteiger partial charge in [0, 0.05) is 42.3 Å². The molecule has 0 bridgehead atoms. The predicted octanol–water partition coefficient (Wildman–Crippen LogP) is -1.98. The Morgan fingerprint density at radius 2 is 1.03 bits per heavy atom. The molecule has 4 fully saturated rings. The second-order valence-corrected chi connectivity index (χ2v) is 9.01. The van der Waals surface area contributed by atoms with Gasteiger partial charge in [-0.05, 0) is 48.9 Å². The smallest absolute Gasteiger partial charge is 0.248 e. The molecule has 0 atom stereocenters. The predicted molar refractivity (Wildman–Crippen MR) is 143 cm³/mol. The number of likely N-dealkylation sites (N-methyl/N-ethyl adjacent to an activating group) is 6. The van der Waals surface area contributed by atoms with E-state index in [0.717, 1.165) is 0 Å². The fourth-order valence-corrected chi connectivity index (χ4v) is 3.21. The van der Waals surface area contributed by atoms with E-state index in [1.54, 1.807) is 42.9 Å². The van der Waals surface area contributed by atoms with Crippen LogP contribution in [0.3, 0.4) is 0 Å². The van der Waals surface area contributed by atoms with Crippen molar-refractivity contribution in [3.05, 3.63) is 0 Å². The van der Waals surface area contributed by atoms with E-state index in [1.807, 2.05) is 14.1 Å². The maximum absolute atomic E-state index is 10.8. The summed E-state index contributed by atoms with van der Waals surface area (Å²) >= 11 is 19.2. The third kappa shape index (κ3) is 8.03. The van der Waals surface area contributed by atoms with Crippen molar-refractivity contribution in [2.75, 3.05) is 68.5 Å². The normalized spacial score (nSPS) is 19.6. The van der Waals surface area contributed by atoms with Gasteiger partial charge >= 0.3 is 0 Å². The summed E-state index contributed by atoms with van der Waals surface area (Å²) in [7, 11) is 10.4. The average molecular weight is 549 g/mol. The van der Waals surface area contributed by atoms with Gasteiger partial charge in [0.25, 0.3) is 0 Å². The highest BCUT2D eigenvalue weighted by atomic mass is 32.1. The fourth-order valence-electron chi connectivity index (χ4n) is 2.52. The van der Waals surface area contributed by atoms with Crippen LogP contribution in [0.15, 0.2) is 0 Å². The van der Waals surface area contributed by atoms with Crippen molar-refractivity contribution < 1.29 is 19.2 Å². The Hall–Kier alpha value is -2.56. The molecule has 2 N–H and O–H groups in total. The molecule has 0 radical (unpaired) electrons. The Morgan fingerprint density at radius 1 is 0.588 bits per heavy atom. The van der Waals surface area contributed by atoms with Crippen molar-refractivity contribution in [3.8, 4) is 0 Å². The highest BCUT2D eigenvalue weighted by Crippen LogP contribution is 2.04. The number of carbonyl (C=O) groups excluding carboxylic acids is 4. The Balaban J connectivity index is 0.000000227. The van der Waals surface area contributed by atoms with Crippen molar-refractivity contribution in [1.29, 1.82) is 0 Å². The second kappa shape index (κ2) is 12.8. The number of nitrogens with one attached hydrogen (secondary N) is 2. The van der Waals surface area contributed by atoms with Gasteiger partial charge in [-0.3, -0.25) is 33.9 Å². The molecular weight excluding hydrogens is 521 g/mol. The number of thiocarbonyl (C=S) groups is 4. The molecule has 4 amide bonds. The van der Waals surface area contributed by atoms with E-state index in [9.17, 15) is 19.2 Å². The molecule has 0 aromatic carbocycles. The summed E-state index contributed by atoms with van der Waals surface area (Å²) < 4.78 is 0. The monoisotopic (exact) mass is 548 g/mol. The molecule has 34 heavy (non-hydrogen) atoms. The molecule has 0 spiro atoms. The molecule has 0 saturated carbocycles. The lowest BCUT2D eigenvalue weighted by Crippen LogP contribution is -2.26. The first-order chi connectivity index (χ1) is 15.7. The molecule has 4 aliphatic heterocycles. The molecule has 0 aliphatic carbocycles. The largest absolute Gasteiger partial charge is 0.353 e. The third-order valence-electron chi connectivity index (χ3n) is 4.76. The summed E-state index contributed by atoms with van der Waals surface area (Å²) in [6.07, 6.45) is 0. The standard InChI is InChI=1S/2C5H8N2OS.2C4H6N2OS/c2*1-6-3-4(8)7(2)5(6)9;1-6-2-3(7)5-4(6)8;1-6-3(7)2-5-4(6)8/h2*3H2,1-2H3;2H2,1H3,(H,5,7,8);2H2,1H3,(H,5,8). The number of amides is 4. The van der Waals surface area contributed by atoms with E-state index < -0.39 is 0 Å². The first kappa shape index (κ1) is 29.5. The van der Waals surface area contributed by atoms with Gasteiger partial charge in [-0.25, -0.2) is 0 Å². The molecule has 12 nitrogen and oxygen atoms in total. The van der Waals surface area contributed by atoms with Gasteiger partial charge < -0.3 is 25.3 Å². The summed E-state index contributed by atoms with van der Waals surface area (Å²) in [4.78, 5) is 52.1. The number of hydrogen-bond donors (Lipinski definition) is 2. The van der Waals surface area contributed by atoms with Crippen molar-refractivity contribution in [1.82, 2.24) is 40.0 Å². The highest BCUT2D eigenvalue weighted by molar-refractivity contribution is 7.80. The average Bonchev–Trinajstić information content (AvgIpc) is 3.39. The van der Waals surface area contributed by atoms with Gasteiger partial charge in [0.2, 0.25) is 23.6 Å². The highest BCUT2D eigenvalue weighted by Gasteiger charge is 2.26. The molecular formula is C18H28N8O4S4. The molecule has 0 aromatic rings. The molecule has 4 rings (SSSR count). The van der Waals surface area contributed by atoms with Crippen LogP contribution >= 0.6 is 48.9 Å². The van der Waals surface area contributed by atoms with Crippen LogP contribution in [0.1, 0.15) is 0 Å². The Labute approximate surface area is 220 Å². The summed E-state index contributed by atoms with van der Waals surface area (Å²) in [5.74, 6) is 0.164. The summed E-state index contributed by atoms with van der Waals surface area (Å²) in [5.41, 5.74) is 0. The lowest BCUT2D eigenvalue weighted by molar-refractivity contribution is -0.124. The Morgan fingerprint density at radius 3 is 1.12 bits per heavy atom. The van der Waals surface area contributed by atoms with Crippen LogP contribution in [-0.2, 0) is 19.2 Å². The van der Waals surface area contributed by atoms with Crippen molar-refractivity contribution >= 4 is 92.9 Å². The molecule has 4 aliphatic rings. The lowest BCUT2D eigenvalue weighted by atomic mass is 10.6. The second-order valence-electron chi connectivity index (χ2n) is 7.50. The molecule has 0 unspecified atom stereocenters. The van der Waals surface area contributed by atoms with E-state index in [-0.39, 0.29) is 23.6 Å². The molecule has 188 valence electrons. The van der Waals surface area contributed by atoms with E-state index in [0.29, 0.717) is 46.6 Å². The van der Waals surface area contributed by atoms with Crippen LogP contribution in [0, 0.1) is 0 Å². The van der Waals surface area contributed by atoms with Crippen LogP contribution in [0.2, 0.25) is 0 Å². The summed E-state index contributed by atoms with van der Waals surface area (Å²) in [6, 6.07) is 0. The van der Waals surface area contributed by atoms with E-state index >= 15 is 0 Å². The van der Waals surface area contributed by atoms with Crippen LogP contribution in [0.5, 0.6) is 0 Å². The number of hydrogen-bond acceptors (Lipinski definition) is 8. The molecule has 4 saturated heterocycles. The van der Waals surface area contributed by atoms with Crippen LogP contribution in [0.4, 0.5) is 0 Å². The third-order valence-corrected chi connectivity index (χ3v) is 6.77. The number of carbonyl (C=O) groups is 4. The van der Waals surface area contributed by atoms with Crippen molar-refractivity contribution in [2.45, 2.75) is 0 Å². The zero-order valence-corrected chi connectivity index (χ0v) is 23.0. The first-order valence-corrected chi connectivity index (χ1v) is 11.4. The van der Waals surface area contributed by atoms with E-state index in [4.69, 9.17) is 48.9 Å². The van der Waals surface area contributed by atoms with Gasteiger partial charge in [-0.15, -0.1) is 0 Å². The van der Waals surface area contributed by atoms with Crippen molar-refractivity contribution in [3.63, 3.8) is 0 Å². The Bertz CT molecular complexity index is 858. The van der Waals surface area contributed by atoms with Crippen LogP contribution < -0.4 is 10.6 Å². The van der Waals surface area contributed by atoms with Gasteiger partial charge in [0.05, 0.1) is 26.2 Å². The lowest BCUT2D eigenvalue weighted by Gasteiger charge is -2.09. The molecule has 0 aromatic heterocycles. The summed E-state index contributed by atoms with van der Waals surface area (Å²) in [6.45, 7) is 1.61. The zero-order valence-electron chi connectivity index (χ0n) is 19.8. The minimum Gasteiger partial charge on any atom is -0.353 e. The minimum absolute atomic E-state index is 0.0162. The van der Waals surface area contributed by atoms with E-state index in [2.05, 4.69) is 10.6 Å². The van der Waals surface area contributed by atoms with Crippen LogP contribution in [0.25, 0.3) is 0 Å². The van der Waals surface area contributed by atoms with Gasteiger partial charge in [-0.1, -0.05) is 0 Å². The molecule has 16 heteroatoms. The Kier molecular flexibility index (Phi) is 11.1. The topological polar surface area (TPSA) is 112 Å². The zero-order chi connectivity index (χ0) is 26.3. The van der Waals surface area contributed by atoms with Crippen molar-refractivity contribution in [2.24, 2.45) is 0 Å². The first-order valence-electron chi connectivity index (χ1n) is 9.80. The number of rotatable bonds is 0. The van der Waals surface area contributed by atoms with Gasteiger partial charge in [0.15, 0.2) is 20.4 Å². The van der Waals surface area contributed by atoms with Crippen LogP contribution in [-0.4, -0.2) is 142 Å². The SMILES string of the molecule is CN1C(=O)CNC1=S.CN1CC(=O)N(C)C1=S.CN1CC(=O)N(C)C1=S.CN1CC(=O)NC1=S. The van der Waals surface area contributed by atoms with E-state index in [1.165, 1.54) is 14.7 Å². The quantitative estimate of drug-likeness (QED) is 0.327. The molecule has 4 heterocycles. The van der Waals surface area contributed by atoms with Gasteiger partial charge in [-0.2, -0.15) is 0 Å². The maximum Gasteiger partial charge on any atom is 0.248 e.